The third kappa shape index (κ3) is 10.6. The van der Waals surface area contributed by atoms with Crippen molar-refractivity contribution >= 4 is 23.8 Å². The summed E-state index contributed by atoms with van der Waals surface area (Å²) in [5.41, 5.74) is -0.237. The highest BCUT2D eigenvalue weighted by molar-refractivity contribution is 5.78. The summed E-state index contributed by atoms with van der Waals surface area (Å²) in [5.74, 6) is -1.52. The first-order valence-corrected chi connectivity index (χ1v) is 20.9. The third-order valence-corrected chi connectivity index (χ3v) is 15.1. The Balaban J connectivity index is 1.14. The fraction of sp³-hybridized carbons (Fsp3) is 0.900. The van der Waals surface area contributed by atoms with Crippen molar-refractivity contribution in [3.05, 3.63) is 0 Å². The van der Waals surface area contributed by atoms with E-state index in [0.717, 1.165) is 51.4 Å². The predicted molar refractivity (Wildman–Crippen MR) is 204 cm³/mol. The van der Waals surface area contributed by atoms with Gasteiger partial charge in [-0.15, -0.1) is 0 Å². The molecule has 7 N–H and O–H groups in total. The number of aliphatic hydroxyl groups is 3. The lowest BCUT2D eigenvalue weighted by Crippen LogP contribution is -2.62. The van der Waals surface area contributed by atoms with Crippen molar-refractivity contribution in [1.82, 2.24) is 24.9 Å². The van der Waals surface area contributed by atoms with Gasteiger partial charge in [-0.2, -0.15) is 0 Å². The van der Waals surface area contributed by atoms with Crippen molar-refractivity contribution in [3.63, 3.8) is 0 Å². The van der Waals surface area contributed by atoms with Gasteiger partial charge in [0.15, 0.2) is 0 Å². The Morgan fingerprint density at radius 1 is 0.691 bits per heavy atom. The van der Waals surface area contributed by atoms with E-state index in [1.54, 1.807) is 14.7 Å². The van der Waals surface area contributed by atoms with Crippen molar-refractivity contribution in [3.8, 4) is 0 Å². The molecule has 55 heavy (non-hydrogen) atoms. The maximum atomic E-state index is 13.2. The van der Waals surface area contributed by atoms with Gasteiger partial charge in [-0.1, -0.05) is 20.8 Å². The number of carboxylic acids is 3. The molecule has 4 saturated carbocycles. The normalized spacial score (nSPS) is 37.7. The molecule has 5 fully saturated rings. The zero-order valence-corrected chi connectivity index (χ0v) is 33.4. The van der Waals surface area contributed by atoms with E-state index in [1.807, 2.05) is 4.90 Å². The van der Waals surface area contributed by atoms with Crippen molar-refractivity contribution < 1.29 is 49.8 Å². The van der Waals surface area contributed by atoms with Gasteiger partial charge in [0.05, 0.1) is 44.5 Å². The Kier molecular flexibility index (Phi) is 15.0. The summed E-state index contributed by atoms with van der Waals surface area (Å²) < 4.78 is 0. The smallest absolute Gasteiger partial charge is 0.317 e. The molecule has 314 valence electrons. The Morgan fingerprint density at radius 2 is 1.20 bits per heavy atom. The SMILES string of the molecule is C[C@H](CCCNC(=O)CN1CCN(CC(=O)O)CCN(CC(=O)O)CCN(CC(=O)O)CC1)C1CC[C@H]2C3[C@H](O)CC4C[C@H](O)CC[C@]4(C)[C@H]3C[C@H](O)[C@]12C. The maximum Gasteiger partial charge on any atom is 0.317 e. The molecule has 1 heterocycles. The molecule has 0 aromatic rings. The minimum Gasteiger partial charge on any atom is -0.480 e. The lowest BCUT2D eigenvalue weighted by atomic mass is 9.43. The Labute approximate surface area is 326 Å². The summed E-state index contributed by atoms with van der Waals surface area (Å²) in [6.07, 6.45) is 6.51. The number of aliphatic carboxylic acids is 3. The fourth-order valence-corrected chi connectivity index (χ4v) is 12.0. The topological polar surface area (TPSA) is 215 Å². The minimum atomic E-state index is -1.01. The summed E-state index contributed by atoms with van der Waals surface area (Å²) >= 11 is 0. The summed E-state index contributed by atoms with van der Waals surface area (Å²) in [6, 6.07) is 0. The number of amides is 1. The van der Waals surface area contributed by atoms with Crippen LogP contribution in [0, 0.1) is 46.3 Å². The molecule has 5 aliphatic rings. The molecule has 4 aliphatic carbocycles. The number of hydrogen-bond acceptors (Lipinski definition) is 11. The van der Waals surface area contributed by atoms with E-state index >= 15 is 0 Å². The second kappa shape index (κ2) is 18.9. The molecule has 0 radical (unpaired) electrons. The van der Waals surface area contributed by atoms with E-state index in [1.165, 1.54) is 0 Å². The lowest BCUT2D eigenvalue weighted by molar-refractivity contribution is -0.207. The van der Waals surface area contributed by atoms with Crippen molar-refractivity contribution in [2.75, 3.05) is 85.1 Å². The van der Waals surface area contributed by atoms with Gasteiger partial charge in [0.25, 0.3) is 0 Å². The molecule has 15 nitrogen and oxygen atoms in total. The van der Waals surface area contributed by atoms with Crippen LogP contribution in [0.3, 0.4) is 0 Å². The molecular formula is C40H69N5O10. The lowest BCUT2D eigenvalue weighted by Gasteiger charge is -2.63. The molecule has 1 saturated heterocycles. The van der Waals surface area contributed by atoms with Crippen LogP contribution in [0.5, 0.6) is 0 Å². The Bertz CT molecular complexity index is 1310. The molecule has 15 heteroatoms. The van der Waals surface area contributed by atoms with Gasteiger partial charge < -0.3 is 36.0 Å². The zero-order valence-electron chi connectivity index (χ0n) is 33.4. The summed E-state index contributed by atoms with van der Waals surface area (Å²) in [6.45, 7) is 9.55. The molecule has 11 atom stereocenters. The average molecular weight is 780 g/mol. The van der Waals surface area contributed by atoms with Gasteiger partial charge in [0.1, 0.15) is 0 Å². The van der Waals surface area contributed by atoms with Crippen molar-refractivity contribution in [2.24, 2.45) is 46.3 Å². The minimum absolute atomic E-state index is 0.0398. The second-order valence-corrected chi connectivity index (χ2v) is 18.3. The van der Waals surface area contributed by atoms with Crippen LogP contribution >= 0.6 is 0 Å². The maximum absolute atomic E-state index is 13.2. The molecule has 1 amide bonds. The highest BCUT2D eigenvalue weighted by Crippen LogP contribution is 2.68. The summed E-state index contributed by atoms with van der Waals surface area (Å²) in [4.78, 5) is 55.0. The van der Waals surface area contributed by atoms with Crippen LogP contribution in [0.15, 0.2) is 0 Å². The summed E-state index contributed by atoms with van der Waals surface area (Å²) in [5, 5.41) is 65.4. The molecule has 0 spiro atoms. The molecule has 0 aromatic carbocycles. The highest BCUT2D eigenvalue weighted by Gasteiger charge is 2.65. The van der Waals surface area contributed by atoms with E-state index in [0.29, 0.717) is 83.1 Å². The number of carbonyl (C=O) groups excluding carboxylic acids is 1. The number of carboxylic acid groups (broad SMARTS) is 3. The van der Waals surface area contributed by atoms with Crippen LogP contribution in [0.1, 0.15) is 78.6 Å². The van der Waals surface area contributed by atoms with Crippen LogP contribution in [0.25, 0.3) is 0 Å². The van der Waals surface area contributed by atoms with Crippen LogP contribution in [0.4, 0.5) is 0 Å². The Hall–Kier alpha value is -2.40. The van der Waals surface area contributed by atoms with Gasteiger partial charge in [-0.05, 0) is 104 Å². The fourth-order valence-electron chi connectivity index (χ4n) is 12.0. The third-order valence-electron chi connectivity index (χ3n) is 15.1. The standard InChI is InChI=1S/C40H69N5O10/c1-26(29-6-7-30-38-31(21-33(48)40(29,30)3)39(2)9-8-28(46)19-27(39)20-32(38)47)5-4-10-41-34(49)22-42-11-13-43(23-35(50)51)15-17-45(25-37(54)55)18-16-44(14-12-42)24-36(52)53/h26-33,38,46-48H,4-25H2,1-3H3,(H,41,49)(H,50,51)(H,52,53)(H,54,55)/t26-,27?,28-,29?,30+,31+,32-,33+,38?,39+,40-/m1/s1. The van der Waals surface area contributed by atoms with Crippen LogP contribution in [0.2, 0.25) is 0 Å². The van der Waals surface area contributed by atoms with Gasteiger partial charge in [-0.25, -0.2) is 0 Å². The van der Waals surface area contributed by atoms with E-state index in [9.17, 15) is 49.8 Å². The van der Waals surface area contributed by atoms with E-state index < -0.39 is 30.1 Å². The number of carbonyl (C=O) groups is 4. The number of rotatable bonds is 13. The molecule has 0 aromatic heterocycles. The zero-order chi connectivity index (χ0) is 40.1. The summed E-state index contributed by atoms with van der Waals surface area (Å²) in [7, 11) is 0. The molecule has 3 unspecified atom stereocenters. The van der Waals surface area contributed by atoms with Gasteiger partial charge >= 0.3 is 17.9 Å². The highest BCUT2D eigenvalue weighted by atomic mass is 16.4. The molecule has 0 bridgehead atoms. The first-order valence-electron chi connectivity index (χ1n) is 20.9. The number of fused-ring (bicyclic) bond motifs is 5. The largest absolute Gasteiger partial charge is 0.480 e. The molecule has 5 rings (SSSR count). The van der Waals surface area contributed by atoms with Gasteiger partial charge in [-0.3, -0.25) is 38.8 Å². The van der Waals surface area contributed by atoms with Gasteiger partial charge in [0.2, 0.25) is 5.91 Å². The van der Waals surface area contributed by atoms with Crippen molar-refractivity contribution in [1.29, 1.82) is 0 Å². The van der Waals surface area contributed by atoms with E-state index in [-0.39, 0.29) is 66.8 Å². The predicted octanol–water partition coefficient (Wildman–Crippen LogP) is 0.956. The van der Waals surface area contributed by atoms with E-state index in [2.05, 4.69) is 26.1 Å². The van der Waals surface area contributed by atoms with E-state index in [4.69, 9.17) is 0 Å². The molecule has 1 aliphatic heterocycles. The first-order chi connectivity index (χ1) is 26.0. The van der Waals surface area contributed by atoms with Gasteiger partial charge in [0, 0.05) is 58.9 Å². The van der Waals surface area contributed by atoms with Crippen molar-refractivity contribution in [2.45, 2.75) is 96.9 Å². The van der Waals surface area contributed by atoms with Crippen LogP contribution in [-0.2, 0) is 19.2 Å². The Morgan fingerprint density at radius 3 is 1.71 bits per heavy atom. The molecular weight excluding hydrogens is 710 g/mol. The van der Waals surface area contributed by atoms with Crippen LogP contribution in [-0.4, -0.2) is 177 Å². The first kappa shape index (κ1) is 43.7. The second-order valence-electron chi connectivity index (χ2n) is 18.3. The quantitative estimate of drug-likeness (QED) is 0.130. The number of hydrogen-bond donors (Lipinski definition) is 7. The number of nitrogens with one attached hydrogen (secondary N) is 1. The number of aliphatic hydroxyl groups excluding tert-OH is 3. The monoisotopic (exact) mass is 780 g/mol. The number of nitrogens with zero attached hydrogens (tertiary/aromatic N) is 4. The average Bonchev–Trinajstić information content (AvgIpc) is 3.46. The van der Waals surface area contributed by atoms with Crippen LogP contribution < -0.4 is 5.32 Å².